The lowest BCUT2D eigenvalue weighted by molar-refractivity contribution is -0.114. The number of aryl methyl sites for hydroxylation is 1. The predicted octanol–water partition coefficient (Wildman–Crippen LogP) is 6.26. The Morgan fingerprint density at radius 3 is 2.12 bits per heavy atom. The summed E-state index contributed by atoms with van der Waals surface area (Å²) >= 11 is 3.38. The Balaban J connectivity index is 1.66. The van der Waals surface area contributed by atoms with Crippen LogP contribution in [0.5, 0.6) is 0 Å². The van der Waals surface area contributed by atoms with Crippen LogP contribution in [-0.4, -0.2) is 20.9 Å². The number of benzene rings is 4. The van der Waals surface area contributed by atoms with Crippen LogP contribution in [0.3, 0.4) is 0 Å². The minimum atomic E-state index is -3.98. The van der Waals surface area contributed by atoms with Crippen molar-refractivity contribution in [1.82, 2.24) is 0 Å². The molecule has 0 unspecified atom stereocenters. The summed E-state index contributed by atoms with van der Waals surface area (Å²) in [5.74, 6) is -0.443. The van der Waals surface area contributed by atoms with Crippen molar-refractivity contribution in [1.29, 1.82) is 0 Å². The molecule has 0 aliphatic carbocycles. The number of para-hydroxylation sites is 1. The molecule has 1 amide bonds. The number of sulfonamides is 1. The quantitative estimate of drug-likeness (QED) is 0.304. The maximum Gasteiger partial charge on any atom is 0.264 e. The highest BCUT2D eigenvalue weighted by molar-refractivity contribution is 9.10. The van der Waals surface area contributed by atoms with Gasteiger partial charge in [0.15, 0.2) is 0 Å². The van der Waals surface area contributed by atoms with Crippen LogP contribution >= 0.6 is 15.9 Å². The number of nitrogens with zero attached hydrogens (tertiary/aromatic N) is 1. The van der Waals surface area contributed by atoms with Gasteiger partial charge in [-0.2, -0.15) is 0 Å². The first-order valence-electron chi connectivity index (χ1n) is 10.6. The maximum absolute atomic E-state index is 13.5. The van der Waals surface area contributed by atoms with Crippen molar-refractivity contribution in [2.75, 3.05) is 16.2 Å². The van der Waals surface area contributed by atoms with Crippen LogP contribution in [0.25, 0.3) is 11.1 Å². The summed E-state index contributed by atoms with van der Waals surface area (Å²) in [6, 6.07) is 30.6. The fourth-order valence-corrected chi connectivity index (χ4v) is 5.23. The minimum absolute atomic E-state index is 0.124. The van der Waals surface area contributed by atoms with Crippen LogP contribution < -0.4 is 9.62 Å². The summed E-state index contributed by atoms with van der Waals surface area (Å²) in [7, 11) is -3.98. The number of hydrogen-bond donors (Lipinski definition) is 1. The molecule has 0 heterocycles. The number of nitrogens with one attached hydrogen (secondary N) is 1. The molecule has 34 heavy (non-hydrogen) atoms. The Bertz CT molecular complexity index is 1390. The molecule has 0 fully saturated rings. The second-order valence-electron chi connectivity index (χ2n) is 7.76. The molecule has 5 nitrogen and oxygen atoms in total. The molecular formula is C27H23BrN2O3S. The van der Waals surface area contributed by atoms with Crippen molar-refractivity contribution in [2.45, 2.75) is 11.8 Å². The Morgan fingerprint density at radius 2 is 1.44 bits per heavy atom. The molecule has 0 atom stereocenters. The number of carbonyl (C=O) groups is 1. The van der Waals surface area contributed by atoms with E-state index >= 15 is 0 Å². The fraction of sp³-hybridized carbons (Fsp3) is 0.0741. The van der Waals surface area contributed by atoms with E-state index in [0.717, 1.165) is 25.5 Å². The van der Waals surface area contributed by atoms with E-state index in [2.05, 4.69) is 21.2 Å². The van der Waals surface area contributed by atoms with Gasteiger partial charge in [0.25, 0.3) is 10.0 Å². The van der Waals surface area contributed by atoms with Crippen LogP contribution in [0.4, 0.5) is 11.4 Å². The zero-order valence-corrected chi connectivity index (χ0v) is 20.9. The Morgan fingerprint density at radius 1 is 0.824 bits per heavy atom. The normalized spacial score (nSPS) is 11.1. The Kier molecular flexibility index (Phi) is 7.14. The van der Waals surface area contributed by atoms with Gasteiger partial charge in [-0.25, -0.2) is 8.42 Å². The SMILES string of the molecule is Cc1ccc(S(=O)(=O)N(CC(=O)Nc2ccccc2-c2ccccc2)c2ccc(Br)cc2)cc1. The third-order valence-electron chi connectivity index (χ3n) is 5.30. The van der Waals surface area contributed by atoms with Gasteiger partial charge in [-0.05, 0) is 55.0 Å². The number of anilines is 2. The molecule has 0 bridgehead atoms. The number of amides is 1. The number of rotatable bonds is 7. The molecule has 4 aromatic rings. The molecule has 0 spiro atoms. The molecule has 0 radical (unpaired) electrons. The summed E-state index contributed by atoms with van der Waals surface area (Å²) in [5.41, 5.74) is 3.77. The van der Waals surface area contributed by atoms with E-state index in [0.29, 0.717) is 11.4 Å². The standard InChI is InChI=1S/C27H23BrN2O3S/c1-20-11-17-24(18-12-20)34(32,33)30(23-15-13-22(28)14-16-23)19-27(31)29-26-10-6-5-9-25(26)21-7-3-2-4-8-21/h2-18H,19H2,1H3,(H,29,31). The van der Waals surface area contributed by atoms with Crippen molar-refractivity contribution in [3.05, 3.63) is 113 Å². The van der Waals surface area contributed by atoms with Crippen LogP contribution in [0.15, 0.2) is 112 Å². The number of hydrogen-bond acceptors (Lipinski definition) is 3. The summed E-state index contributed by atoms with van der Waals surface area (Å²) in [6.07, 6.45) is 0. The van der Waals surface area contributed by atoms with Gasteiger partial charge >= 0.3 is 0 Å². The molecule has 4 rings (SSSR count). The molecule has 0 aliphatic heterocycles. The molecule has 1 N–H and O–H groups in total. The molecular weight excluding hydrogens is 512 g/mol. The first kappa shape index (κ1) is 23.7. The van der Waals surface area contributed by atoms with Gasteiger partial charge in [0.1, 0.15) is 6.54 Å². The first-order chi connectivity index (χ1) is 16.3. The average Bonchev–Trinajstić information content (AvgIpc) is 2.84. The Hall–Kier alpha value is -3.42. The highest BCUT2D eigenvalue weighted by atomic mass is 79.9. The van der Waals surface area contributed by atoms with E-state index in [9.17, 15) is 13.2 Å². The van der Waals surface area contributed by atoms with E-state index in [1.54, 1.807) is 54.6 Å². The van der Waals surface area contributed by atoms with Crippen LogP contribution in [0, 0.1) is 6.92 Å². The molecule has 0 aliphatic rings. The smallest absolute Gasteiger partial charge is 0.264 e. The van der Waals surface area contributed by atoms with Crippen LogP contribution in [0.2, 0.25) is 0 Å². The highest BCUT2D eigenvalue weighted by Crippen LogP contribution is 2.29. The number of carbonyl (C=O) groups excluding carboxylic acids is 1. The predicted molar refractivity (Wildman–Crippen MR) is 140 cm³/mol. The van der Waals surface area contributed by atoms with Gasteiger partial charge in [-0.1, -0.05) is 82.2 Å². The minimum Gasteiger partial charge on any atom is -0.324 e. The average molecular weight is 535 g/mol. The van der Waals surface area contributed by atoms with Gasteiger partial charge in [0.05, 0.1) is 10.6 Å². The lowest BCUT2D eigenvalue weighted by atomic mass is 10.0. The fourth-order valence-electron chi connectivity index (χ4n) is 3.54. The molecule has 172 valence electrons. The third kappa shape index (κ3) is 5.38. The molecule has 0 saturated carbocycles. The third-order valence-corrected chi connectivity index (χ3v) is 7.61. The summed E-state index contributed by atoms with van der Waals surface area (Å²) in [6.45, 7) is 1.52. The van der Waals surface area contributed by atoms with Gasteiger partial charge in [0, 0.05) is 15.7 Å². The zero-order chi connectivity index (χ0) is 24.1. The first-order valence-corrected chi connectivity index (χ1v) is 12.9. The zero-order valence-electron chi connectivity index (χ0n) is 18.5. The van der Waals surface area contributed by atoms with E-state index in [1.807, 2.05) is 55.5 Å². The van der Waals surface area contributed by atoms with Gasteiger partial charge in [-0.15, -0.1) is 0 Å². The summed E-state index contributed by atoms with van der Waals surface area (Å²) in [4.78, 5) is 13.3. The van der Waals surface area contributed by atoms with Crippen molar-refractivity contribution >= 4 is 43.2 Å². The maximum atomic E-state index is 13.5. The largest absolute Gasteiger partial charge is 0.324 e. The highest BCUT2D eigenvalue weighted by Gasteiger charge is 2.27. The van der Waals surface area contributed by atoms with E-state index in [4.69, 9.17) is 0 Å². The van der Waals surface area contributed by atoms with Gasteiger partial charge < -0.3 is 5.32 Å². The topological polar surface area (TPSA) is 66.5 Å². The second-order valence-corrected chi connectivity index (χ2v) is 10.5. The lowest BCUT2D eigenvalue weighted by Crippen LogP contribution is -2.38. The second kappa shape index (κ2) is 10.2. The Labute approximate surface area is 208 Å². The monoisotopic (exact) mass is 534 g/mol. The molecule has 0 saturated heterocycles. The van der Waals surface area contributed by atoms with Crippen LogP contribution in [0.1, 0.15) is 5.56 Å². The van der Waals surface area contributed by atoms with Gasteiger partial charge in [-0.3, -0.25) is 9.10 Å². The number of halogens is 1. The van der Waals surface area contributed by atoms with Gasteiger partial charge in [0.2, 0.25) is 5.91 Å². The van der Waals surface area contributed by atoms with E-state index < -0.39 is 15.9 Å². The lowest BCUT2D eigenvalue weighted by Gasteiger charge is -2.24. The van der Waals surface area contributed by atoms with E-state index in [-0.39, 0.29) is 11.4 Å². The molecule has 0 aromatic heterocycles. The summed E-state index contributed by atoms with van der Waals surface area (Å²) < 4.78 is 29.0. The molecule has 4 aromatic carbocycles. The summed E-state index contributed by atoms with van der Waals surface area (Å²) in [5, 5.41) is 2.90. The van der Waals surface area contributed by atoms with Crippen molar-refractivity contribution < 1.29 is 13.2 Å². The molecule has 7 heteroatoms. The van der Waals surface area contributed by atoms with Crippen molar-refractivity contribution in [3.8, 4) is 11.1 Å². The van der Waals surface area contributed by atoms with Crippen molar-refractivity contribution in [2.24, 2.45) is 0 Å². The van der Waals surface area contributed by atoms with E-state index in [1.165, 1.54) is 0 Å². The van der Waals surface area contributed by atoms with Crippen LogP contribution in [-0.2, 0) is 14.8 Å². The van der Waals surface area contributed by atoms with Crippen molar-refractivity contribution in [3.63, 3.8) is 0 Å².